The summed E-state index contributed by atoms with van der Waals surface area (Å²) < 4.78 is 1.67. The zero-order valence-corrected chi connectivity index (χ0v) is 14.4. The predicted octanol–water partition coefficient (Wildman–Crippen LogP) is 2.19. The van der Waals surface area contributed by atoms with E-state index in [2.05, 4.69) is 30.6 Å². The molecule has 3 aromatic heterocycles. The van der Waals surface area contributed by atoms with Crippen LogP contribution in [-0.2, 0) is 6.42 Å². The minimum Gasteiger partial charge on any atom is -0.356 e. The highest BCUT2D eigenvalue weighted by Crippen LogP contribution is 2.14. The number of hydrogen-bond donors (Lipinski definition) is 3. The van der Waals surface area contributed by atoms with E-state index >= 15 is 0 Å². The second kappa shape index (κ2) is 6.83. The third-order valence-electron chi connectivity index (χ3n) is 4.29. The smallest absolute Gasteiger partial charge is 0.263 e. The highest BCUT2D eigenvalue weighted by molar-refractivity contribution is 5.76. The van der Waals surface area contributed by atoms with Crippen LogP contribution in [-0.4, -0.2) is 36.5 Å². The van der Waals surface area contributed by atoms with Gasteiger partial charge >= 0.3 is 0 Å². The Morgan fingerprint density at radius 3 is 2.81 bits per heavy atom. The minimum absolute atomic E-state index is 0.203. The first-order valence-electron chi connectivity index (χ1n) is 8.48. The SMILES string of the molecule is Cc1[nH]ncc1CCCNc1nc2c(cnn2-c2ccccc2)c(=O)[nH]1. The third-order valence-corrected chi connectivity index (χ3v) is 4.29. The molecule has 26 heavy (non-hydrogen) atoms. The molecule has 4 rings (SSSR count). The molecule has 0 atom stereocenters. The van der Waals surface area contributed by atoms with Crippen molar-refractivity contribution in [2.24, 2.45) is 0 Å². The number of para-hydroxylation sites is 1. The fraction of sp³-hybridized carbons (Fsp3) is 0.222. The molecule has 0 aliphatic heterocycles. The van der Waals surface area contributed by atoms with Gasteiger partial charge in [-0.3, -0.25) is 14.9 Å². The zero-order chi connectivity index (χ0) is 17.9. The van der Waals surface area contributed by atoms with Crippen LogP contribution in [0, 0.1) is 6.92 Å². The van der Waals surface area contributed by atoms with E-state index in [1.807, 2.05) is 43.5 Å². The van der Waals surface area contributed by atoms with Crippen LogP contribution in [0.1, 0.15) is 17.7 Å². The molecule has 8 nitrogen and oxygen atoms in total. The Kier molecular flexibility index (Phi) is 4.22. The molecule has 0 aliphatic carbocycles. The van der Waals surface area contributed by atoms with Crippen molar-refractivity contribution in [2.75, 3.05) is 11.9 Å². The molecule has 0 unspecified atom stereocenters. The van der Waals surface area contributed by atoms with Crippen LogP contribution in [0.5, 0.6) is 0 Å². The largest absolute Gasteiger partial charge is 0.356 e. The van der Waals surface area contributed by atoms with E-state index in [-0.39, 0.29) is 5.56 Å². The first kappa shape index (κ1) is 16.1. The van der Waals surface area contributed by atoms with Crippen LogP contribution in [0.3, 0.4) is 0 Å². The number of anilines is 1. The quantitative estimate of drug-likeness (QED) is 0.463. The maximum atomic E-state index is 12.3. The predicted molar refractivity (Wildman–Crippen MR) is 99.6 cm³/mol. The molecule has 3 N–H and O–H groups in total. The van der Waals surface area contributed by atoms with E-state index in [1.165, 1.54) is 5.56 Å². The molecule has 0 saturated heterocycles. The van der Waals surface area contributed by atoms with Crippen molar-refractivity contribution in [2.45, 2.75) is 19.8 Å². The molecule has 0 saturated carbocycles. The van der Waals surface area contributed by atoms with Crippen molar-refractivity contribution in [3.05, 3.63) is 64.3 Å². The van der Waals surface area contributed by atoms with Gasteiger partial charge in [0.1, 0.15) is 5.39 Å². The monoisotopic (exact) mass is 349 g/mol. The Labute approximate surface area is 149 Å². The van der Waals surface area contributed by atoms with Crippen molar-refractivity contribution >= 4 is 17.0 Å². The van der Waals surface area contributed by atoms with Crippen LogP contribution in [0.4, 0.5) is 5.95 Å². The summed E-state index contributed by atoms with van der Waals surface area (Å²) in [7, 11) is 0. The fourth-order valence-electron chi connectivity index (χ4n) is 2.87. The Balaban J connectivity index is 1.53. The second-order valence-corrected chi connectivity index (χ2v) is 6.09. The van der Waals surface area contributed by atoms with Crippen molar-refractivity contribution < 1.29 is 0 Å². The summed E-state index contributed by atoms with van der Waals surface area (Å²) in [5, 5.41) is 14.9. The number of hydrogen-bond acceptors (Lipinski definition) is 5. The third kappa shape index (κ3) is 3.08. The maximum Gasteiger partial charge on any atom is 0.263 e. The molecule has 0 spiro atoms. The summed E-state index contributed by atoms with van der Waals surface area (Å²) in [4.78, 5) is 19.6. The number of aromatic amines is 2. The summed E-state index contributed by atoms with van der Waals surface area (Å²) >= 11 is 0. The van der Waals surface area contributed by atoms with Gasteiger partial charge in [-0.25, -0.2) is 4.68 Å². The fourth-order valence-corrected chi connectivity index (χ4v) is 2.87. The molecule has 3 heterocycles. The van der Waals surface area contributed by atoms with Gasteiger partial charge in [0, 0.05) is 12.2 Å². The van der Waals surface area contributed by atoms with Crippen molar-refractivity contribution in [3.8, 4) is 5.69 Å². The summed E-state index contributed by atoms with van der Waals surface area (Å²) in [5.41, 5.74) is 3.48. The Morgan fingerprint density at radius 2 is 2.04 bits per heavy atom. The molecule has 0 fully saturated rings. The van der Waals surface area contributed by atoms with Crippen LogP contribution in [0.15, 0.2) is 47.5 Å². The Morgan fingerprint density at radius 1 is 1.19 bits per heavy atom. The molecule has 1 aromatic carbocycles. The number of nitrogens with zero attached hydrogens (tertiary/aromatic N) is 4. The molecular formula is C18H19N7O. The number of fused-ring (bicyclic) bond motifs is 1. The van der Waals surface area contributed by atoms with Crippen LogP contribution in [0.25, 0.3) is 16.7 Å². The lowest BCUT2D eigenvalue weighted by Gasteiger charge is -2.07. The van der Waals surface area contributed by atoms with Gasteiger partial charge in [0.2, 0.25) is 5.95 Å². The minimum atomic E-state index is -0.203. The lowest BCUT2D eigenvalue weighted by Crippen LogP contribution is -2.14. The number of rotatable bonds is 6. The summed E-state index contributed by atoms with van der Waals surface area (Å²) in [6.45, 7) is 2.70. The number of H-pyrrole nitrogens is 2. The Bertz CT molecular complexity index is 1080. The average Bonchev–Trinajstić information content (AvgIpc) is 3.26. The van der Waals surface area contributed by atoms with E-state index in [9.17, 15) is 4.79 Å². The molecule has 8 heteroatoms. The van der Waals surface area contributed by atoms with Gasteiger partial charge in [0.15, 0.2) is 5.65 Å². The van der Waals surface area contributed by atoms with E-state index < -0.39 is 0 Å². The lowest BCUT2D eigenvalue weighted by molar-refractivity contribution is 0.845. The first-order chi connectivity index (χ1) is 12.7. The first-order valence-corrected chi connectivity index (χ1v) is 8.48. The van der Waals surface area contributed by atoms with E-state index in [4.69, 9.17) is 0 Å². The standard InChI is InChI=1S/C18H19N7O/c1-12-13(10-20-24-12)6-5-9-19-18-22-16-15(17(26)23-18)11-21-25(16)14-7-3-2-4-8-14/h2-4,7-8,10-11H,5-6,9H2,1H3,(H,20,24)(H2,19,22,23,26). The average molecular weight is 349 g/mol. The highest BCUT2D eigenvalue weighted by atomic mass is 16.1. The van der Waals surface area contributed by atoms with Crippen LogP contribution < -0.4 is 10.9 Å². The molecule has 4 aromatic rings. The maximum absolute atomic E-state index is 12.3. The van der Waals surface area contributed by atoms with Gasteiger partial charge in [-0.15, -0.1) is 0 Å². The van der Waals surface area contributed by atoms with Gasteiger partial charge in [-0.2, -0.15) is 15.2 Å². The van der Waals surface area contributed by atoms with Gasteiger partial charge in [0.05, 0.1) is 18.1 Å². The summed E-state index contributed by atoms with van der Waals surface area (Å²) in [6.07, 6.45) is 5.20. The number of aryl methyl sites for hydroxylation is 2. The van der Waals surface area contributed by atoms with Crippen molar-refractivity contribution in [1.29, 1.82) is 0 Å². The topological polar surface area (TPSA) is 104 Å². The van der Waals surface area contributed by atoms with E-state index in [0.717, 1.165) is 24.2 Å². The van der Waals surface area contributed by atoms with E-state index in [0.29, 0.717) is 23.5 Å². The highest BCUT2D eigenvalue weighted by Gasteiger charge is 2.11. The molecule has 0 radical (unpaired) electrons. The number of nitrogens with one attached hydrogen (secondary N) is 3. The van der Waals surface area contributed by atoms with Gasteiger partial charge in [-0.1, -0.05) is 18.2 Å². The summed E-state index contributed by atoms with van der Waals surface area (Å²) in [6, 6.07) is 9.63. The van der Waals surface area contributed by atoms with Crippen LogP contribution in [0.2, 0.25) is 0 Å². The zero-order valence-electron chi connectivity index (χ0n) is 14.4. The van der Waals surface area contributed by atoms with Gasteiger partial charge in [-0.05, 0) is 37.5 Å². The Hall–Kier alpha value is -3.42. The second-order valence-electron chi connectivity index (χ2n) is 6.09. The molecule has 0 amide bonds. The molecule has 132 valence electrons. The van der Waals surface area contributed by atoms with Crippen molar-refractivity contribution in [1.82, 2.24) is 29.9 Å². The van der Waals surface area contributed by atoms with Gasteiger partial charge in [0.25, 0.3) is 5.56 Å². The van der Waals surface area contributed by atoms with Crippen LogP contribution >= 0.6 is 0 Å². The molecule has 0 bridgehead atoms. The normalized spacial score (nSPS) is 11.1. The summed E-state index contributed by atoms with van der Waals surface area (Å²) in [5.74, 6) is 0.448. The number of benzene rings is 1. The molecule has 0 aliphatic rings. The van der Waals surface area contributed by atoms with Gasteiger partial charge < -0.3 is 5.32 Å². The number of aromatic nitrogens is 6. The lowest BCUT2D eigenvalue weighted by atomic mass is 10.1. The van der Waals surface area contributed by atoms with E-state index in [1.54, 1.807) is 10.9 Å². The molecular weight excluding hydrogens is 330 g/mol. The van der Waals surface area contributed by atoms with Crippen molar-refractivity contribution in [3.63, 3.8) is 0 Å².